The van der Waals surface area contributed by atoms with Crippen LogP contribution in [0.4, 0.5) is 0 Å². The van der Waals surface area contributed by atoms with Crippen molar-refractivity contribution in [2.75, 3.05) is 32.7 Å². The Kier molecular flexibility index (Phi) is 7.42. The van der Waals surface area contributed by atoms with E-state index in [1.54, 1.807) is 24.3 Å². The summed E-state index contributed by atoms with van der Waals surface area (Å²) in [5.74, 6) is -0.666. The molecule has 1 aliphatic heterocycles. The van der Waals surface area contributed by atoms with Gasteiger partial charge in [0.15, 0.2) is 0 Å². The van der Waals surface area contributed by atoms with Crippen LogP contribution in [0.2, 0.25) is 5.02 Å². The highest BCUT2D eigenvalue weighted by atomic mass is 35.5. The molecule has 28 heavy (non-hydrogen) atoms. The number of carbonyl (C=O) groups is 2. The minimum atomic E-state index is -0.427. The molecule has 0 saturated carbocycles. The number of hydrogen-bond donors (Lipinski definition) is 2. The van der Waals surface area contributed by atoms with Crippen LogP contribution in [-0.2, 0) is 11.3 Å². The number of nitrogens with one attached hydrogen (secondary N) is 2. The highest BCUT2D eigenvalue weighted by Crippen LogP contribution is 2.14. The lowest BCUT2D eigenvalue weighted by Gasteiger charge is -2.21. The third-order valence-electron chi connectivity index (χ3n) is 4.73. The van der Waals surface area contributed by atoms with E-state index in [4.69, 9.17) is 11.6 Å². The van der Waals surface area contributed by atoms with Crippen LogP contribution in [0.5, 0.6) is 0 Å². The zero-order valence-corrected chi connectivity index (χ0v) is 16.5. The summed E-state index contributed by atoms with van der Waals surface area (Å²) < 4.78 is 0. The molecule has 2 amide bonds. The van der Waals surface area contributed by atoms with E-state index in [2.05, 4.69) is 44.9 Å². The summed E-state index contributed by atoms with van der Waals surface area (Å²) in [5, 5.41) is 0.347. The molecule has 0 radical (unpaired) electrons. The van der Waals surface area contributed by atoms with Gasteiger partial charge in [0.2, 0.25) is 0 Å². The topological polar surface area (TPSA) is 64.7 Å². The van der Waals surface area contributed by atoms with Gasteiger partial charge < -0.3 is 0 Å². The Morgan fingerprint density at radius 1 is 0.857 bits per heavy atom. The van der Waals surface area contributed by atoms with Crippen LogP contribution in [0.1, 0.15) is 22.3 Å². The Bertz CT molecular complexity index is 800. The molecule has 2 N–H and O–H groups in total. The van der Waals surface area contributed by atoms with Crippen molar-refractivity contribution < 1.29 is 9.59 Å². The first-order chi connectivity index (χ1) is 13.6. The monoisotopic (exact) mass is 400 g/mol. The summed E-state index contributed by atoms with van der Waals surface area (Å²) in [4.78, 5) is 28.8. The third-order valence-corrected chi connectivity index (χ3v) is 5.06. The highest BCUT2D eigenvalue weighted by molar-refractivity contribution is 6.33. The van der Waals surface area contributed by atoms with E-state index in [1.807, 2.05) is 6.07 Å². The second-order valence-electron chi connectivity index (χ2n) is 6.87. The second kappa shape index (κ2) is 10.2. The molecule has 1 aliphatic rings. The molecule has 3 rings (SSSR count). The number of benzene rings is 2. The van der Waals surface area contributed by atoms with Gasteiger partial charge >= 0.3 is 0 Å². The molecule has 1 saturated heterocycles. The van der Waals surface area contributed by atoms with Crippen molar-refractivity contribution in [1.29, 1.82) is 0 Å². The maximum absolute atomic E-state index is 12.2. The number of amides is 2. The maximum atomic E-state index is 12.2. The summed E-state index contributed by atoms with van der Waals surface area (Å²) >= 11 is 5.99. The van der Waals surface area contributed by atoms with Crippen molar-refractivity contribution >= 4 is 23.4 Å². The van der Waals surface area contributed by atoms with Crippen LogP contribution in [0.25, 0.3) is 0 Å². The predicted molar refractivity (Wildman–Crippen MR) is 110 cm³/mol. The molecule has 7 heteroatoms. The first kappa shape index (κ1) is 20.3. The lowest BCUT2D eigenvalue weighted by Crippen LogP contribution is -2.47. The first-order valence-corrected chi connectivity index (χ1v) is 9.82. The van der Waals surface area contributed by atoms with Crippen molar-refractivity contribution in [1.82, 2.24) is 20.7 Å². The summed E-state index contributed by atoms with van der Waals surface area (Å²) in [6, 6.07) is 17.1. The Balaban J connectivity index is 1.42. The van der Waals surface area contributed by atoms with Crippen molar-refractivity contribution in [2.45, 2.75) is 13.0 Å². The molecule has 0 spiro atoms. The van der Waals surface area contributed by atoms with Crippen LogP contribution < -0.4 is 10.9 Å². The number of halogens is 1. The molecule has 0 bridgehead atoms. The van der Waals surface area contributed by atoms with E-state index in [0.717, 1.165) is 39.1 Å². The van der Waals surface area contributed by atoms with Crippen LogP contribution in [0.3, 0.4) is 0 Å². The lowest BCUT2D eigenvalue weighted by atomic mass is 10.2. The van der Waals surface area contributed by atoms with Gasteiger partial charge in [0.1, 0.15) is 0 Å². The summed E-state index contributed by atoms with van der Waals surface area (Å²) in [6.07, 6.45) is 1.01. The summed E-state index contributed by atoms with van der Waals surface area (Å²) in [7, 11) is 0. The molecular weight excluding hydrogens is 376 g/mol. The zero-order valence-electron chi connectivity index (χ0n) is 15.7. The quantitative estimate of drug-likeness (QED) is 0.756. The van der Waals surface area contributed by atoms with E-state index in [0.29, 0.717) is 10.6 Å². The lowest BCUT2D eigenvalue weighted by molar-refractivity contribution is -0.123. The molecular formula is C21H25ClN4O2. The van der Waals surface area contributed by atoms with E-state index in [1.165, 1.54) is 5.56 Å². The molecule has 0 aromatic heterocycles. The smallest absolute Gasteiger partial charge is 0.271 e. The molecule has 0 atom stereocenters. The maximum Gasteiger partial charge on any atom is 0.271 e. The molecule has 1 heterocycles. The summed E-state index contributed by atoms with van der Waals surface area (Å²) in [5.41, 5.74) is 6.53. The number of rotatable bonds is 5. The Hall–Kier alpha value is -2.41. The van der Waals surface area contributed by atoms with Crippen molar-refractivity contribution in [3.05, 3.63) is 70.7 Å². The first-order valence-electron chi connectivity index (χ1n) is 9.44. The van der Waals surface area contributed by atoms with Gasteiger partial charge in [-0.25, -0.2) is 0 Å². The van der Waals surface area contributed by atoms with E-state index in [9.17, 15) is 9.59 Å². The van der Waals surface area contributed by atoms with E-state index in [-0.39, 0.29) is 12.5 Å². The molecule has 6 nitrogen and oxygen atoms in total. The molecule has 0 unspecified atom stereocenters. The minimum Gasteiger partial charge on any atom is -0.298 e. The number of hydrazine groups is 1. The van der Waals surface area contributed by atoms with Crippen LogP contribution in [0, 0.1) is 0 Å². The Labute approximate surface area is 170 Å². The van der Waals surface area contributed by atoms with Gasteiger partial charge in [-0.1, -0.05) is 54.1 Å². The van der Waals surface area contributed by atoms with Crippen LogP contribution in [-0.4, -0.2) is 54.3 Å². The van der Waals surface area contributed by atoms with Crippen molar-refractivity contribution in [2.24, 2.45) is 0 Å². The van der Waals surface area contributed by atoms with Gasteiger partial charge in [0.25, 0.3) is 11.8 Å². The van der Waals surface area contributed by atoms with E-state index < -0.39 is 5.91 Å². The van der Waals surface area contributed by atoms with Gasteiger partial charge in [-0.15, -0.1) is 0 Å². The van der Waals surface area contributed by atoms with Gasteiger partial charge in [-0.2, -0.15) is 0 Å². The molecule has 148 valence electrons. The zero-order chi connectivity index (χ0) is 19.8. The third kappa shape index (κ3) is 6.05. The van der Waals surface area contributed by atoms with Gasteiger partial charge in [0.05, 0.1) is 17.1 Å². The van der Waals surface area contributed by atoms with Crippen LogP contribution in [0.15, 0.2) is 54.6 Å². The standard InChI is InChI=1S/C21H25ClN4O2/c22-19-10-5-4-9-18(19)21(28)24-23-20(27)16-26-12-6-11-25(13-14-26)15-17-7-2-1-3-8-17/h1-5,7-10H,6,11-16H2,(H,23,27)(H,24,28). The normalized spacial score (nSPS) is 15.6. The average Bonchev–Trinajstić information content (AvgIpc) is 2.92. The number of hydrogen-bond acceptors (Lipinski definition) is 4. The number of carbonyl (C=O) groups excluding carboxylic acids is 2. The number of nitrogens with zero attached hydrogens (tertiary/aromatic N) is 2. The minimum absolute atomic E-state index is 0.239. The highest BCUT2D eigenvalue weighted by Gasteiger charge is 2.18. The SMILES string of the molecule is O=C(CN1CCCN(Cc2ccccc2)CC1)NNC(=O)c1ccccc1Cl. The molecule has 0 aliphatic carbocycles. The molecule has 2 aromatic carbocycles. The largest absolute Gasteiger partial charge is 0.298 e. The Morgan fingerprint density at radius 2 is 1.54 bits per heavy atom. The fourth-order valence-electron chi connectivity index (χ4n) is 3.26. The van der Waals surface area contributed by atoms with E-state index >= 15 is 0 Å². The fraction of sp³-hybridized carbons (Fsp3) is 0.333. The second-order valence-corrected chi connectivity index (χ2v) is 7.28. The Morgan fingerprint density at radius 3 is 2.32 bits per heavy atom. The van der Waals surface area contributed by atoms with Gasteiger partial charge in [-0.05, 0) is 37.2 Å². The average molecular weight is 401 g/mol. The predicted octanol–water partition coefficient (Wildman–Crippen LogP) is 2.31. The van der Waals surface area contributed by atoms with Gasteiger partial charge in [0, 0.05) is 19.6 Å². The van der Waals surface area contributed by atoms with Crippen molar-refractivity contribution in [3.8, 4) is 0 Å². The fourth-order valence-corrected chi connectivity index (χ4v) is 3.49. The molecule has 2 aromatic rings. The van der Waals surface area contributed by atoms with Gasteiger partial charge in [-0.3, -0.25) is 30.2 Å². The van der Waals surface area contributed by atoms with Crippen LogP contribution >= 0.6 is 11.6 Å². The molecule has 1 fully saturated rings. The van der Waals surface area contributed by atoms with Crippen molar-refractivity contribution in [3.63, 3.8) is 0 Å². The summed E-state index contributed by atoms with van der Waals surface area (Å²) in [6.45, 7) is 4.77.